The average molecular weight is 503 g/mol. The molecular weight excluding hydrogens is 483 g/mol. The van der Waals surface area contributed by atoms with Gasteiger partial charge in [-0.25, -0.2) is 0 Å². The van der Waals surface area contributed by atoms with Crippen LogP contribution in [0.1, 0.15) is 34.2 Å². The molecule has 1 N–H and O–H groups in total. The van der Waals surface area contributed by atoms with E-state index in [-0.39, 0.29) is 28.7 Å². The average Bonchev–Trinajstić information content (AvgIpc) is 3.15. The molecular formula is C23H20Cl2N4O3S. The van der Waals surface area contributed by atoms with Gasteiger partial charge in [0.2, 0.25) is 0 Å². The summed E-state index contributed by atoms with van der Waals surface area (Å²) in [7, 11) is 0. The number of fused-ring (bicyclic) bond motifs is 4. The zero-order valence-corrected chi connectivity index (χ0v) is 20.0. The summed E-state index contributed by atoms with van der Waals surface area (Å²) in [6.07, 6.45) is 0.996. The number of aromatic nitrogens is 2. The number of halogens is 2. The van der Waals surface area contributed by atoms with Gasteiger partial charge in [-0.1, -0.05) is 40.5 Å². The topological polar surface area (TPSA) is 80.4 Å². The zero-order valence-electron chi connectivity index (χ0n) is 17.7. The Hall–Kier alpha value is -2.68. The minimum atomic E-state index is -0.433. The summed E-state index contributed by atoms with van der Waals surface area (Å²) in [5.74, 6) is 0.360. The molecule has 33 heavy (non-hydrogen) atoms. The lowest BCUT2D eigenvalue weighted by Crippen LogP contribution is -2.52. The lowest BCUT2D eigenvalue weighted by Gasteiger charge is -2.43. The molecule has 1 fully saturated rings. The van der Waals surface area contributed by atoms with Gasteiger partial charge in [-0.2, -0.15) is 0 Å². The van der Waals surface area contributed by atoms with Crippen LogP contribution in [-0.4, -0.2) is 38.7 Å². The molecule has 1 saturated heterocycles. The molecule has 10 heteroatoms. The van der Waals surface area contributed by atoms with Gasteiger partial charge < -0.3 is 14.0 Å². The number of hydrogen-bond acceptors (Lipinski definition) is 5. The first-order valence-corrected chi connectivity index (χ1v) is 11.7. The summed E-state index contributed by atoms with van der Waals surface area (Å²) in [6, 6.07) is 10.5. The van der Waals surface area contributed by atoms with Crippen LogP contribution in [0.4, 0.5) is 0 Å². The lowest BCUT2D eigenvalue weighted by molar-refractivity contribution is 0.0967. The molecule has 1 amide bonds. The predicted molar refractivity (Wildman–Crippen MR) is 130 cm³/mol. The van der Waals surface area contributed by atoms with Crippen molar-refractivity contribution < 1.29 is 9.32 Å². The SMILES string of the molecule is Cc1onc(-c2c(Cl)cccc2Cl)c1C(=O)NC(=S)N1C[C@@H]2C[C@H](C1)c1cccc(=O)n1C2. The van der Waals surface area contributed by atoms with Gasteiger partial charge in [-0.05, 0) is 49.7 Å². The Morgan fingerprint density at radius 2 is 1.88 bits per heavy atom. The van der Waals surface area contributed by atoms with Crippen LogP contribution in [0.25, 0.3) is 11.3 Å². The highest BCUT2D eigenvalue weighted by Gasteiger charge is 2.36. The van der Waals surface area contributed by atoms with Crippen molar-refractivity contribution in [3.8, 4) is 11.3 Å². The number of hydrogen-bond donors (Lipinski definition) is 1. The molecule has 5 rings (SSSR count). The molecule has 2 aliphatic heterocycles. The Morgan fingerprint density at radius 1 is 1.15 bits per heavy atom. The number of aryl methyl sites for hydroxylation is 1. The van der Waals surface area contributed by atoms with Crippen LogP contribution in [0, 0.1) is 12.8 Å². The highest BCUT2D eigenvalue weighted by atomic mass is 35.5. The first-order chi connectivity index (χ1) is 15.8. The van der Waals surface area contributed by atoms with Crippen LogP contribution in [0.5, 0.6) is 0 Å². The molecule has 3 aromatic rings. The van der Waals surface area contributed by atoms with Crippen molar-refractivity contribution in [1.82, 2.24) is 19.9 Å². The van der Waals surface area contributed by atoms with E-state index in [9.17, 15) is 9.59 Å². The molecule has 1 aromatic carbocycles. The molecule has 2 aliphatic rings. The molecule has 2 bridgehead atoms. The van der Waals surface area contributed by atoms with E-state index in [1.807, 2.05) is 15.5 Å². The molecule has 7 nitrogen and oxygen atoms in total. The third-order valence-corrected chi connectivity index (χ3v) is 7.27. The predicted octanol–water partition coefficient (Wildman–Crippen LogP) is 4.25. The minimum Gasteiger partial charge on any atom is -0.360 e. The first-order valence-electron chi connectivity index (χ1n) is 10.5. The third kappa shape index (κ3) is 3.96. The molecule has 0 unspecified atom stereocenters. The lowest BCUT2D eigenvalue weighted by atomic mass is 9.83. The van der Waals surface area contributed by atoms with Crippen LogP contribution in [0.2, 0.25) is 10.0 Å². The number of piperidine rings is 1. The number of benzene rings is 1. The van der Waals surface area contributed by atoms with Crippen LogP contribution in [0.3, 0.4) is 0 Å². The fraction of sp³-hybridized carbons (Fsp3) is 0.304. The van der Waals surface area contributed by atoms with Gasteiger partial charge in [0.1, 0.15) is 17.0 Å². The van der Waals surface area contributed by atoms with Crippen molar-refractivity contribution in [1.29, 1.82) is 0 Å². The summed E-state index contributed by atoms with van der Waals surface area (Å²) < 4.78 is 7.16. The number of thiocarbonyl (C=S) groups is 1. The van der Waals surface area contributed by atoms with Gasteiger partial charge >= 0.3 is 0 Å². The fourth-order valence-corrected chi connectivity index (χ4v) is 5.65. The maximum absolute atomic E-state index is 13.2. The Labute approximate surface area is 205 Å². The molecule has 0 aliphatic carbocycles. The second-order valence-electron chi connectivity index (χ2n) is 8.42. The second kappa shape index (κ2) is 8.59. The maximum atomic E-state index is 13.2. The van der Waals surface area contributed by atoms with E-state index in [0.29, 0.717) is 46.1 Å². The number of nitrogens with one attached hydrogen (secondary N) is 1. The fourth-order valence-electron chi connectivity index (χ4n) is 4.84. The van der Waals surface area contributed by atoms with E-state index in [4.69, 9.17) is 39.9 Å². The van der Waals surface area contributed by atoms with E-state index in [2.05, 4.69) is 10.5 Å². The van der Waals surface area contributed by atoms with E-state index in [1.54, 1.807) is 37.3 Å². The highest BCUT2D eigenvalue weighted by molar-refractivity contribution is 7.80. The number of amides is 1. The standard InChI is InChI=1S/C23H20Cl2N4O3S/c1-12-19(21(27-32-12)20-15(24)4-2-5-16(20)25)22(31)26-23(33)28-9-13-8-14(11-28)17-6-3-7-18(30)29(17)10-13/h2-7,13-14H,8-11H2,1H3,(H,26,31,33)/t13-,14+/m0/s1. The molecule has 2 atom stereocenters. The van der Waals surface area contributed by atoms with Crippen LogP contribution in [-0.2, 0) is 6.54 Å². The van der Waals surface area contributed by atoms with Gasteiger partial charge in [0.25, 0.3) is 11.5 Å². The molecule has 0 saturated carbocycles. The maximum Gasteiger partial charge on any atom is 0.263 e. The van der Waals surface area contributed by atoms with Gasteiger partial charge in [0.05, 0.1) is 10.0 Å². The number of carbonyl (C=O) groups excluding carboxylic acids is 1. The summed E-state index contributed by atoms with van der Waals surface area (Å²) in [4.78, 5) is 27.5. The normalized spacial score (nSPS) is 19.2. The van der Waals surface area contributed by atoms with E-state index < -0.39 is 5.91 Å². The summed E-state index contributed by atoms with van der Waals surface area (Å²) >= 11 is 18.3. The zero-order chi connectivity index (χ0) is 23.3. The van der Waals surface area contributed by atoms with Crippen LogP contribution in [0.15, 0.2) is 45.7 Å². The second-order valence-corrected chi connectivity index (χ2v) is 9.62. The Kier molecular flexibility index (Phi) is 5.76. The monoisotopic (exact) mass is 502 g/mol. The van der Waals surface area contributed by atoms with Gasteiger partial charge in [0, 0.05) is 42.9 Å². The summed E-state index contributed by atoms with van der Waals surface area (Å²) in [5, 5.41) is 7.93. The van der Waals surface area contributed by atoms with Crippen LogP contribution < -0.4 is 10.9 Å². The van der Waals surface area contributed by atoms with Crippen molar-refractivity contribution >= 4 is 46.4 Å². The summed E-state index contributed by atoms with van der Waals surface area (Å²) in [5.41, 5.74) is 1.99. The van der Waals surface area contributed by atoms with Crippen molar-refractivity contribution in [3.63, 3.8) is 0 Å². The molecule has 4 heterocycles. The highest BCUT2D eigenvalue weighted by Crippen LogP contribution is 2.37. The first kappa shape index (κ1) is 22.1. The Balaban J connectivity index is 1.38. The summed E-state index contributed by atoms with van der Waals surface area (Å²) in [6.45, 7) is 3.60. The largest absolute Gasteiger partial charge is 0.360 e. The van der Waals surface area contributed by atoms with Crippen molar-refractivity contribution in [3.05, 3.63) is 73.8 Å². The van der Waals surface area contributed by atoms with E-state index in [1.165, 1.54) is 0 Å². The smallest absolute Gasteiger partial charge is 0.263 e. The number of likely N-dealkylation sites (tertiary alicyclic amines) is 1. The number of pyridine rings is 1. The quantitative estimate of drug-likeness (QED) is 0.527. The van der Waals surface area contributed by atoms with Crippen molar-refractivity contribution in [2.24, 2.45) is 5.92 Å². The molecule has 2 aromatic heterocycles. The Morgan fingerprint density at radius 3 is 2.64 bits per heavy atom. The number of rotatable bonds is 2. The number of nitrogens with zero attached hydrogens (tertiary/aromatic N) is 3. The minimum absolute atomic E-state index is 0.0280. The van der Waals surface area contributed by atoms with Gasteiger partial charge in [0.15, 0.2) is 5.11 Å². The van der Waals surface area contributed by atoms with E-state index in [0.717, 1.165) is 12.1 Å². The third-order valence-electron chi connectivity index (χ3n) is 6.28. The van der Waals surface area contributed by atoms with Gasteiger partial charge in [-0.3, -0.25) is 14.9 Å². The molecule has 0 radical (unpaired) electrons. The van der Waals surface area contributed by atoms with Crippen molar-refractivity contribution in [2.75, 3.05) is 13.1 Å². The number of carbonyl (C=O) groups is 1. The van der Waals surface area contributed by atoms with E-state index >= 15 is 0 Å². The van der Waals surface area contributed by atoms with Crippen molar-refractivity contribution in [2.45, 2.75) is 25.8 Å². The molecule has 170 valence electrons. The molecule has 0 spiro atoms. The van der Waals surface area contributed by atoms with Crippen LogP contribution >= 0.6 is 35.4 Å². The van der Waals surface area contributed by atoms with Gasteiger partial charge in [-0.15, -0.1) is 0 Å². The Bertz CT molecular complexity index is 1320.